The molecule has 0 unspecified atom stereocenters. The molecule has 1 aliphatic rings. The Balaban J connectivity index is 1.35. The van der Waals surface area contributed by atoms with Crippen LogP contribution >= 0.6 is 0 Å². The standard InChI is InChI=1S/C29H32N2O5/c1-32-24-8-6-5-7-22(24)27-18-23-20(9-11-26(34-3)29(23)36-27)19-30-13-15-31(16-14-30)21-10-12-25(33-2)28(17-21)35-4/h5-12,17-18H,13-16,19H2,1-4H3. The van der Waals surface area contributed by atoms with Crippen LogP contribution in [0.15, 0.2) is 65.1 Å². The molecule has 1 fully saturated rings. The second-order valence-electron chi connectivity index (χ2n) is 8.78. The number of benzene rings is 3. The summed E-state index contributed by atoms with van der Waals surface area (Å²) in [5, 5.41) is 1.07. The van der Waals surface area contributed by atoms with E-state index in [2.05, 4.69) is 28.0 Å². The van der Waals surface area contributed by atoms with Crippen molar-refractivity contribution in [2.24, 2.45) is 0 Å². The fourth-order valence-electron chi connectivity index (χ4n) is 4.86. The van der Waals surface area contributed by atoms with Gasteiger partial charge in [-0.15, -0.1) is 0 Å². The van der Waals surface area contributed by atoms with E-state index in [1.54, 1.807) is 28.4 Å². The van der Waals surface area contributed by atoms with Crippen molar-refractivity contribution < 1.29 is 23.4 Å². The molecule has 0 bridgehead atoms. The molecule has 0 amide bonds. The minimum Gasteiger partial charge on any atom is -0.496 e. The first kappa shape index (κ1) is 23.9. The van der Waals surface area contributed by atoms with E-state index < -0.39 is 0 Å². The first-order valence-electron chi connectivity index (χ1n) is 12.1. The zero-order chi connectivity index (χ0) is 25.1. The summed E-state index contributed by atoms with van der Waals surface area (Å²) in [4.78, 5) is 4.87. The van der Waals surface area contributed by atoms with Crippen LogP contribution in [0.4, 0.5) is 5.69 Å². The van der Waals surface area contributed by atoms with Gasteiger partial charge in [0.15, 0.2) is 22.8 Å². The van der Waals surface area contributed by atoms with Crippen molar-refractivity contribution in [2.75, 3.05) is 59.5 Å². The lowest BCUT2D eigenvalue weighted by molar-refractivity contribution is 0.250. The fourth-order valence-corrected chi connectivity index (χ4v) is 4.86. The molecule has 0 saturated carbocycles. The molecule has 1 saturated heterocycles. The van der Waals surface area contributed by atoms with Gasteiger partial charge in [-0.25, -0.2) is 0 Å². The van der Waals surface area contributed by atoms with Gasteiger partial charge in [0, 0.05) is 49.9 Å². The number of para-hydroxylation sites is 1. The van der Waals surface area contributed by atoms with Crippen molar-refractivity contribution in [1.82, 2.24) is 4.90 Å². The van der Waals surface area contributed by atoms with E-state index in [9.17, 15) is 0 Å². The SMILES string of the molecule is COc1ccc(N2CCN(Cc3ccc(OC)c4oc(-c5ccccc5OC)cc34)CC2)cc1OC. The van der Waals surface area contributed by atoms with Gasteiger partial charge in [0.05, 0.1) is 34.0 Å². The number of rotatable bonds is 8. The van der Waals surface area contributed by atoms with Gasteiger partial charge in [0.1, 0.15) is 11.5 Å². The van der Waals surface area contributed by atoms with Crippen molar-refractivity contribution in [3.05, 3.63) is 66.2 Å². The quantitative estimate of drug-likeness (QED) is 0.327. The third kappa shape index (κ3) is 4.54. The van der Waals surface area contributed by atoms with Gasteiger partial charge in [0.2, 0.25) is 0 Å². The molecule has 0 atom stereocenters. The predicted molar refractivity (Wildman–Crippen MR) is 142 cm³/mol. The highest BCUT2D eigenvalue weighted by Gasteiger charge is 2.21. The number of piperazine rings is 1. The maximum Gasteiger partial charge on any atom is 0.176 e. The summed E-state index contributed by atoms with van der Waals surface area (Å²) in [7, 11) is 6.68. The maximum absolute atomic E-state index is 6.31. The van der Waals surface area contributed by atoms with E-state index in [1.165, 1.54) is 5.56 Å². The first-order chi connectivity index (χ1) is 17.6. The summed E-state index contributed by atoms with van der Waals surface area (Å²) in [6, 6.07) is 20.2. The summed E-state index contributed by atoms with van der Waals surface area (Å²) < 4.78 is 28.3. The largest absolute Gasteiger partial charge is 0.496 e. The van der Waals surface area contributed by atoms with Crippen molar-refractivity contribution in [3.8, 4) is 34.3 Å². The van der Waals surface area contributed by atoms with Crippen molar-refractivity contribution >= 4 is 16.7 Å². The van der Waals surface area contributed by atoms with Crippen LogP contribution in [0.3, 0.4) is 0 Å². The molecular weight excluding hydrogens is 456 g/mol. The lowest BCUT2D eigenvalue weighted by atomic mass is 10.1. The lowest BCUT2D eigenvalue weighted by Crippen LogP contribution is -2.46. The molecule has 1 aliphatic heterocycles. The molecule has 7 heteroatoms. The van der Waals surface area contributed by atoms with E-state index in [1.807, 2.05) is 42.5 Å². The molecule has 0 radical (unpaired) electrons. The number of ether oxygens (including phenoxy) is 4. The van der Waals surface area contributed by atoms with E-state index in [0.29, 0.717) is 0 Å². The average molecular weight is 489 g/mol. The summed E-state index contributed by atoms with van der Waals surface area (Å²) in [6.45, 7) is 4.63. The highest BCUT2D eigenvalue weighted by atomic mass is 16.5. The minimum atomic E-state index is 0.730. The normalized spacial score (nSPS) is 14.2. The Bertz CT molecular complexity index is 1340. The molecule has 5 rings (SSSR count). The number of furan rings is 1. The van der Waals surface area contributed by atoms with Gasteiger partial charge in [-0.1, -0.05) is 18.2 Å². The van der Waals surface area contributed by atoms with Crippen molar-refractivity contribution in [2.45, 2.75) is 6.54 Å². The third-order valence-corrected chi connectivity index (χ3v) is 6.83. The number of fused-ring (bicyclic) bond motifs is 1. The maximum atomic E-state index is 6.31. The van der Waals surface area contributed by atoms with Crippen LogP contribution in [0.2, 0.25) is 0 Å². The van der Waals surface area contributed by atoms with Crippen molar-refractivity contribution in [1.29, 1.82) is 0 Å². The van der Waals surface area contributed by atoms with Gasteiger partial charge >= 0.3 is 0 Å². The van der Waals surface area contributed by atoms with Crippen LogP contribution in [-0.4, -0.2) is 59.5 Å². The minimum absolute atomic E-state index is 0.730. The van der Waals surface area contributed by atoms with Crippen molar-refractivity contribution in [3.63, 3.8) is 0 Å². The zero-order valence-electron chi connectivity index (χ0n) is 21.2. The summed E-state index contributed by atoms with van der Waals surface area (Å²) >= 11 is 0. The van der Waals surface area contributed by atoms with Gasteiger partial charge in [-0.05, 0) is 42.0 Å². The molecule has 1 aromatic heterocycles. The molecular formula is C29H32N2O5. The number of hydrogen-bond donors (Lipinski definition) is 0. The number of methoxy groups -OCH3 is 4. The predicted octanol–water partition coefficient (Wildman–Crippen LogP) is 5.46. The first-order valence-corrected chi connectivity index (χ1v) is 12.1. The third-order valence-electron chi connectivity index (χ3n) is 6.83. The summed E-state index contributed by atoms with van der Waals surface area (Å²) in [5.74, 6) is 3.78. The van der Waals surface area contributed by atoms with E-state index in [0.717, 1.165) is 83.7 Å². The topological polar surface area (TPSA) is 56.5 Å². The number of anilines is 1. The van der Waals surface area contributed by atoms with Gasteiger partial charge in [-0.3, -0.25) is 4.90 Å². The number of hydrogen-bond acceptors (Lipinski definition) is 7. The summed E-state index contributed by atoms with van der Waals surface area (Å²) in [6.07, 6.45) is 0. The summed E-state index contributed by atoms with van der Waals surface area (Å²) in [5.41, 5.74) is 4.05. The van der Waals surface area contributed by atoms with Crippen LogP contribution in [0, 0.1) is 0 Å². The Morgan fingerprint density at radius 3 is 2.11 bits per heavy atom. The molecule has 0 aliphatic carbocycles. The van der Waals surface area contributed by atoms with Crippen LogP contribution in [0.5, 0.6) is 23.0 Å². The fraction of sp³-hybridized carbons (Fsp3) is 0.310. The van der Waals surface area contributed by atoms with Crippen LogP contribution < -0.4 is 23.8 Å². The Hall–Kier alpha value is -3.84. The van der Waals surface area contributed by atoms with Crippen LogP contribution in [0.25, 0.3) is 22.3 Å². The highest BCUT2D eigenvalue weighted by Crippen LogP contribution is 2.39. The Labute approximate surface area is 211 Å². The molecule has 0 N–H and O–H groups in total. The zero-order valence-corrected chi connectivity index (χ0v) is 21.2. The van der Waals surface area contributed by atoms with Gasteiger partial charge in [0.25, 0.3) is 0 Å². The average Bonchev–Trinajstić information content (AvgIpc) is 3.39. The molecule has 7 nitrogen and oxygen atoms in total. The lowest BCUT2D eigenvalue weighted by Gasteiger charge is -2.36. The molecule has 0 spiro atoms. The van der Waals surface area contributed by atoms with E-state index in [-0.39, 0.29) is 0 Å². The Morgan fingerprint density at radius 2 is 1.39 bits per heavy atom. The van der Waals surface area contributed by atoms with Gasteiger partial charge in [-0.2, -0.15) is 0 Å². The molecule has 36 heavy (non-hydrogen) atoms. The van der Waals surface area contributed by atoms with E-state index in [4.69, 9.17) is 23.4 Å². The highest BCUT2D eigenvalue weighted by molar-refractivity contribution is 5.91. The Morgan fingerprint density at radius 1 is 0.694 bits per heavy atom. The molecule has 188 valence electrons. The van der Waals surface area contributed by atoms with E-state index >= 15 is 0 Å². The molecule has 2 heterocycles. The van der Waals surface area contributed by atoms with Crippen LogP contribution in [-0.2, 0) is 6.54 Å². The molecule has 3 aromatic carbocycles. The monoisotopic (exact) mass is 488 g/mol. The molecule has 4 aromatic rings. The van der Waals surface area contributed by atoms with Crippen LogP contribution in [0.1, 0.15) is 5.56 Å². The Kier molecular flexibility index (Phi) is 6.91. The number of nitrogens with zero attached hydrogens (tertiary/aromatic N) is 2. The second-order valence-corrected chi connectivity index (χ2v) is 8.78. The second kappa shape index (κ2) is 10.4. The smallest absolute Gasteiger partial charge is 0.176 e. The van der Waals surface area contributed by atoms with Gasteiger partial charge < -0.3 is 28.3 Å².